The highest BCUT2D eigenvalue weighted by Gasteiger charge is 2.26. The Morgan fingerprint density at radius 3 is 2.41 bits per heavy atom. The molecule has 2 aromatic carbocycles. The number of nitrogens with two attached hydrogens (primary N) is 1. The van der Waals surface area contributed by atoms with Crippen molar-refractivity contribution in [2.24, 2.45) is 0 Å². The summed E-state index contributed by atoms with van der Waals surface area (Å²) in [5.74, 6) is 0.666. The van der Waals surface area contributed by atoms with E-state index in [1.807, 2.05) is 12.4 Å². The van der Waals surface area contributed by atoms with Gasteiger partial charge in [0.05, 0.1) is 12.0 Å². The van der Waals surface area contributed by atoms with Crippen molar-refractivity contribution in [2.75, 3.05) is 18.8 Å². The van der Waals surface area contributed by atoms with Crippen molar-refractivity contribution < 1.29 is 4.39 Å². The molecular formula is C25H25FN6. The summed E-state index contributed by atoms with van der Waals surface area (Å²) in [6, 6.07) is 18.9. The monoisotopic (exact) mass is 428 g/mol. The minimum absolute atomic E-state index is 0.277. The van der Waals surface area contributed by atoms with Gasteiger partial charge >= 0.3 is 0 Å². The van der Waals surface area contributed by atoms with E-state index in [-0.39, 0.29) is 11.9 Å². The molecule has 1 saturated heterocycles. The normalized spacial score (nSPS) is 15.2. The van der Waals surface area contributed by atoms with Gasteiger partial charge in [-0.25, -0.2) is 19.3 Å². The molecule has 0 bridgehead atoms. The number of aromatic nitrogens is 4. The number of benzene rings is 2. The Balaban J connectivity index is 1.43. The number of imidazole rings is 1. The minimum atomic E-state index is -0.277. The number of rotatable bonds is 5. The molecule has 4 aromatic rings. The molecule has 3 heterocycles. The lowest BCUT2D eigenvalue weighted by atomic mass is 10.0. The Morgan fingerprint density at radius 1 is 0.938 bits per heavy atom. The smallest absolute Gasteiger partial charge is 0.180 e. The van der Waals surface area contributed by atoms with Gasteiger partial charge in [0.25, 0.3) is 0 Å². The van der Waals surface area contributed by atoms with Gasteiger partial charge in [-0.1, -0.05) is 30.3 Å². The predicted molar refractivity (Wildman–Crippen MR) is 123 cm³/mol. The summed E-state index contributed by atoms with van der Waals surface area (Å²) in [5.41, 5.74) is 9.68. The molecule has 1 fully saturated rings. The second kappa shape index (κ2) is 8.88. The zero-order chi connectivity index (χ0) is 21.9. The summed E-state index contributed by atoms with van der Waals surface area (Å²) in [5, 5.41) is 0. The van der Waals surface area contributed by atoms with E-state index in [0.717, 1.165) is 49.4 Å². The molecule has 1 aliphatic rings. The summed E-state index contributed by atoms with van der Waals surface area (Å²) in [7, 11) is 0. The van der Waals surface area contributed by atoms with Crippen LogP contribution >= 0.6 is 0 Å². The van der Waals surface area contributed by atoms with Crippen molar-refractivity contribution in [1.82, 2.24) is 24.4 Å². The highest BCUT2D eigenvalue weighted by molar-refractivity contribution is 5.75. The molecule has 0 radical (unpaired) electrons. The van der Waals surface area contributed by atoms with Gasteiger partial charge in [0.15, 0.2) is 5.82 Å². The van der Waals surface area contributed by atoms with E-state index in [1.165, 1.54) is 17.7 Å². The molecule has 0 atom stereocenters. The molecular weight excluding hydrogens is 403 g/mol. The van der Waals surface area contributed by atoms with Crippen LogP contribution in [0, 0.1) is 5.82 Å². The molecule has 32 heavy (non-hydrogen) atoms. The molecule has 6 nitrogen and oxygen atoms in total. The van der Waals surface area contributed by atoms with Crippen LogP contribution in [0.3, 0.4) is 0 Å². The van der Waals surface area contributed by atoms with E-state index in [9.17, 15) is 4.39 Å². The van der Waals surface area contributed by atoms with Gasteiger partial charge in [-0.3, -0.25) is 4.90 Å². The molecule has 162 valence electrons. The van der Waals surface area contributed by atoms with E-state index in [1.54, 1.807) is 24.4 Å². The molecule has 0 saturated carbocycles. The van der Waals surface area contributed by atoms with Gasteiger partial charge in [0.1, 0.15) is 17.3 Å². The lowest BCUT2D eigenvalue weighted by molar-refractivity contribution is 0.180. The van der Waals surface area contributed by atoms with Crippen molar-refractivity contribution in [3.05, 3.63) is 84.6 Å². The predicted octanol–water partition coefficient (Wildman–Crippen LogP) is 4.57. The third-order valence-electron chi connectivity index (χ3n) is 6.00. The molecule has 0 amide bonds. The lowest BCUT2D eigenvalue weighted by Crippen LogP contribution is -2.34. The topological polar surface area (TPSA) is 72.9 Å². The Hall–Kier alpha value is -3.58. The molecule has 7 heteroatoms. The lowest BCUT2D eigenvalue weighted by Gasteiger charge is -2.33. The van der Waals surface area contributed by atoms with Crippen LogP contribution in [-0.2, 0) is 6.54 Å². The number of halogens is 1. The van der Waals surface area contributed by atoms with Gasteiger partial charge in [-0.2, -0.15) is 0 Å². The van der Waals surface area contributed by atoms with Crippen LogP contribution in [0.2, 0.25) is 0 Å². The highest BCUT2D eigenvalue weighted by atomic mass is 19.1. The molecule has 0 unspecified atom stereocenters. The standard InChI is InChI=1S/C25H25FN6/c26-20-8-6-19(7-9-20)23-24(25-28-13-10-22(27)30-25)32(17-29-23)21-11-14-31(15-12-21)16-18-4-2-1-3-5-18/h1-10,13,17,21H,11-12,14-16H2,(H2,27,28,30). The fourth-order valence-corrected chi connectivity index (χ4v) is 4.36. The van der Waals surface area contributed by atoms with E-state index in [4.69, 9.17) is 10.7 Å². The number of hydrogen-bond donors (Lipinski definition) is 1. The summed E-state index contributed by atoms with van der Waals surface area (Å²) in [6.07, 6.45) is 5.52. The zero-order valence-corrected chi connectivity index (χ0v) is 17.7. The summed E-state index contributed by atoms with van der Waals surface area (Å²) >= 11 is 0. The van der Waals surface area contributed by atoms with E-state index >= 15 is 0 Å². The van der Waals surface area contributed by atoms with E-state index in [2.05, 4.69) is 43.7 Å². The number of nitrogen functional groups attached to an aromatic ring is 1. The maximum atomic E-state index is 13.5. The summed E-state index contributed by atoms with van der Waals surface area (Å²) < 4.78 is 15.7. The largest absolute Gasteiger partial charge is 0.384 e. The Morgan fingerprint density at radius 2 is 1.69 bits per heavy atom. The summed E-state index contributed by atoms with van der Waals surface area (Å²) in [6.45, 7) is 2.96. The van der Waals surface area contributed by atoms with Crippen LogP contribution in [0.5, 0.6) is 0 Å². The highest BCUT2D eigenvalue weighted by Crippen LogP contribution is 2.35. The van der Waals surface area contributed by atoms with Crippen LogP contribution in [0.1, 0.15) is 24.4 Å². The molecule has 0 aliphatic carbocycles. The number of hydrogen-bond acceptors (Lipinski definition) is 5. The van der Waals surface area contributed by atoms with Crippen LogP contribution in [-0.4, -0.2) is 37.5 Å². The molecule has 2 aromatic heterocycles. The molecule has 5 rings (SSSR count). The third kappa shape index (κ3) is 4.24. The Bertz CT molecular complexity index is 1180. The first-order valence-corrected chi connectivity index (χ1v) is 10.9. The number of likely N-dealkylation sites (tertiary alicyclic amines) is 1. The maximum Gasteiger partial charge on any atom is 0.180 e. The second-order valence-electron chi connectivity index (χ2n) is 8.15. The average Bonchev–Trinajstić information content (AvgIpc) is 3.26. The van der Waals surface area contributed by atoms with Gasteiger partial charge < -0.3 is 10.3 Å². The van der Waals surface area contributed by atoms with Crippen molar-refractivity contribution in [3.8, 4) is 22.8 Å². The average molecular weight is 429 g/mol. The van der Waals surface area contributed by atoms with Crippen LogP contribution in [0.15, 0.2) is 73.2 Å². The van der Waals surface area contributed by atoms with Crippen LogP contribution < -0.4 is 5.73 Å². The number of piperidine rings is 1. The van der Waals surface area contributed by atoms with Gasteiger partial charge in [0.2, 0.25) is 0 Å². The first kappa shape index (κ1) is 20.3. The number of anilines is 1. The van der Waals surface area contributed by atoms with Gasteiger partial charge in [-0.15, -0.1) is 0 Å². The van der Waals surface area contributed by atoms with Gasteiger partial charge in [-0.05, 0) is 48.7 Å². The third-order valence-corrected chi connectivity index (χ3v) is 6.00. The fraction of sp³-hybridized carbons (Fsp3) is 0.240. The SMILES string of the molecule is Nc1ccnc(-c2c(-c3ccc(F)cc3)ncn2C2CCN(Cc3ccccc3)CC2)n1. The minimum Gasteiger partial charge on any atom is -0.384 e. The molecule has 1 aliphatic heterocycles. The molecule has 2 N–H and O–H groups in total. The quantitative estimate of drug-likeness (QED) is 0.504. The first-order chi connectivity index (χ1) is 15.7. The number of nitrogens with zero attached hydrogens (tertiary/aromatic N) is 5. The zero-order valence-electron chi connectivity index (χ0n) is 17.7. The van der Waals surface area contributed by atoms with Crippen molar-refractivity contribution in [1.29, 1.82) is 0 Å². The Kier molecular flexibility index (Phi) is 5.64. The van der Waals surface area contributed by atoms with Gasteiger partial charge in [0, 0.05) is 37.4 Å². The fourth-order valence-electron chi connectivity index (χ4n) is 4.36. The van der Waals surface area contributed by atoms with Crippen molar-refractivity contribution in [2.45, 2.75) is 25.4 Å². The maximum absolute atomic E-state index is 13.5. The van der Waals surface area contributed by atoms with Crippen LogP contribution in [0.25, 0.3) is 22.8 Å². The summed E-state index contributed by atoms with van der Waals surface area (Å²) in [4.78, 5) is 16.1. The van der Waals surface area contributed by atoms with Crippen molar-refractivity contribution >= 4 is 5.82 Å². The van der Waals surface area contributed by atoms with E-state index < -0.39 is 0 Å². The van der Waals surface area contributed by atoms with Crippen molar-refractivity contribution in [3.63, 3.8) is 0 Å². The Labute approximate surface area is 186 Å². The van der Waals surface area contributed by atoms with Crippen LogP contribution in [0.4, 0.5) is 10.2 Å². The van der Waals surface area contributed by atoms with E-state index in [0.29, 0.717) is 11.6 Å². The molecule has 0 spiro atoms. The first-order valence-electron chi connectivity index (χ1n) is 10.9. The second-order valence-corrected chi connectivity index (χ2v) is 8.15.